The molecule has 0 saturated carbocycles. The Hall–Kier alpha value is -3.10. The maximum absolute atomic E-state index is 12.6. The van der Waals surface area contributed by atoms with Crippen LogP contribution in [0.3, 0.4) is 0 Å². The number of hydrogen-bond acceptors (Lipinski definition) is 4. The van der Waals surface area contributed by atoms with Crippen LogP contribution in [0.1, 0.15) is 17.5 Å². The van der Waals surface area contributed by atoms with Gasteiger partial charge in [-0.15, -0.1) is 0 Å². The second kappa shape index (κ2) is 8.50. The molecule has 0 aliphatic carbocycles. The van der Waals surface area contributed by atoms with E-state index >= 15 is 0 Å². The summed E-state index contributed by atoms with van der Waals surface area (Å²) in [5.74, 6) is -0.403. The van der Waals surface area contributed by atoms with Crippen molar-refractivity contribution in [2.75, 3.05) is 25.5 Å². The third kappa shape index (κ3) is 5.04. The summed E-state index contributed by atoms with van der Waals surface area (Å²) in [5.41, 5.74) is 0.0683. The third-order valence-corrected chi connectivity index (χ3v) is 4.77. The number of ether oxygens (including phenoxy) is 1. The Kier molecular flexibility index (Phi) is 6.05. The molecule has 0 unspecified atom stereocenters. The molecular formula is C20H20F3N3O3. The minimum absolute atomic E-state index is 0.0166. The molecule has 0 radical (unpaired) electrons. The number of carbonyl (C=O) groups excluding carboxylic acids is 2. The molecule has 1 aliphatic rings. The molecule has 2 heterocycles. The number of rotatable bonds is 6. The molecule has 2 amide bonds. The molecule has 1 atom stereocenters. The van der Waals surface area contributed by atoms with Crippen molar-refractivity contribution >= 4 is 17.6 Å². The molecule has 1 fully saturated rings. The summed E-state index contributed by atoms with van der Waals surface area (Å²) in [7, 11) is 1.58. The van der Waals surface area contributed by atoms with Gasteiger partial charge in [-0.05, 0) is 30.2 Å². The summed E-state index contributed by atoms with van der Waals surface area (Å²) >= 11 is 0. The highest BCUT2D eigenvalue weighted by Crippen LogP contribution is 2.29. The molecule has 1 N–H and O–H groups in total. The van der Waals surface area contributed by atoms with Gasteiger partial charge in [-0.25, -0.2) is 4.98 Å². The average molecular weight is 407 g/mol. The fraction of sp³-hybridized carbons (Fsp3) is 0.350. The number of aromatic nitrogens is 1. The lowest BCUT2D eigenvalue weighted by Gasteiger charge is -2.17. The Bertz CT molecular complexity index is 885. The van der Waals surface area contributed by atoms with Crippen LogP contribution in [0.25, 0.3) is 0 Å². The number of nitrogens with zero attached hydrogens (tertiary/aromatic N) is 2. The number of alkyl halides is 3. The summed E-state index contributed by atoms with van der Waals surface area (Å²) in [5, 5.41) is 2.48. The standard InChI is InChI=1S/C20H20F3N3O3/c1-29-16-5-3-2-4-13(16)8-9-26-12-14(10-18(26)27)19(28)25-17-7-6-15(11-24-17)20(21,22)23/h2-7,11,14H,8-10,12H2,1H3,(H,24,25,28)/t14-/m0/s1. The first-order valence-corrected chi connectivity index (χ1v) is 9.01. The van der Waals surface area contributed by atoms with Crippen molar-refractivity contribution < 1.29 is 27.5 Å². The number of anilines is 1. The van der Waals surface area contributed by atoms with Gasteiger partial charge in [0.25, 0.3) is 0 Å². The Morgan fingerprint density at radius 2 is 2.03 bits per heavy atom. The SMILES string of the molecule is COc1ccccc1CCN1C[C@@H](C(=O)Nc2ccc(C(F)(F)F)cn2)CC1=O. The van der Waals surface area contributed by atoms with Gasteiger partial charge < -0.3 is 15.0 Å². The lowest BCUT2D eigenvalue weighted by Crippen LogP contribution is -2.30. The predicted octanol–water partition coefficient (Wildman–Crippen LogP) is 3.14. The largest absolute Gasteiger partial charge is 0.496 e. The van der Waals surface area contributed by atoms with Crippen molar-refractivity contribution in [3.8, 4) is 5.75 Å². The van der Waals surface area contributed by atoms with Gasteiger partial charge in [0, 0.05) is 25.7 Å². The van der Waals surface area contributed by atoms with Crippen molar-refractivity contribution in [3.63, 3.8) is 0 Å². The van der Waals surface area contributed by atoms with E-state index in [-0.39, 0.29) is 24.7 Å². The van der Waals surface area contributed by atoms with Gasteiger partial charge in [-0.2, -0.15) is 13.2 Å². The van der Waals surface area contributed by atoms with Crippen molar-refractivity contribution in [2.45, 2.75) is 19.0 Å². The number of nitrogens with one attached hydrogen (secondary N) is 1. The predicted molar refractivity (Wildman–Crippen MR) is 99.3 cm³/mol. The van der Waals surface area contributed by atoms with Gasteiger partial charge in [-0.1, -0.05) is 18.2 Å². The van der Waals surface area contributed by atoms with E-state index in [9.17, 15) is 22.8 Å². The van der Waals surface area contributed by atoms with Crippen LogP contribution in [-0.4, -0.2) is 41.9 Å². The highest BCUT2D eigenvalue weighted by atomic mass is 19.4. The van der Waals surface area contributed by atoms with Gasteiger partial charge in [0.1, 0.15) is 11.6 Å². The molecule has 9 heteroatoms. The summed E-state index contributed by atoms with van der Waals surface area (Å²) in [4.78, 5) is 29.9. The minimum atomic E-state index is -4.49. The molecule has 0 spiro atoms. The number of carbonyl (C=O) groups is 2. The van der Waals surface area contributed by atoms with Crippen molar-refractivity contribution in [1.29, 1.82) is 0 Å². The molecule has 6 nitrogen and oxygen atoms in total. The molecule has 29 heavy (non-hydrogen) atoms. The molecule has 1 saturated heterocycles. The first kappa shape index (κ1) is 20.6. The van der Waals surface area contributed by atoms with Crippen LogP contribution in [0.5, 0.6) is 5.75 Å². The van der Waals surface area contributed by atoms with E-state index < -0.39 is 23.6 Å². The number of hydrogen-bond donors (Lipinski definition) is 1. The second-order valence-corrected chi connectivity index (χ2v) is 6.72. The smallest absolute Gasteiger partial charge is 0.417 e. The van der Waals surface area contributed by atoms with Gasteiger partial charge in [0.2, 0.25) is 11.8 Å². The number of halogens is 3. The fourth-order valence-corrected chi connectivity index (χ4v) is 3.19. The third-order valence-electron chi connectivity index (χ3n) is 4.77. The highest BCUT2D eigenvalue weighted by molar-refractivity contribution is 5.96. The topological polar surface area (TPSA) is 71.5 Å². The Morgan fingerprint density at radius 1 is 1.28 bits per heavy atom. The molecule has 154 valence electrons. The Labute approximate surface area is 165 Å². The van der Waals surface area contributed by atoms with E-state index in [4.69, 9.17) is 4.74 Å². The number of methoxy groups -OCH3 is 1. The van der Waals surface area contributed by atoms with Crippen molar-refractivity contribution in [3.05, 3.63) is 53.7 Å². The van der Waals surface area contributed by atoms with Crippen LogP contribution in [-0.2, 0) is 22.2 Å². The van der Waals surface area contributed by atoms with E-state index in [0.717, 1.165) is 23.4 Å². The Morgan fingerprint density at radius 3 is 2.69 bits per heavy atom. The van der Waals surface area contributed by atoms with Crippen molar-refractivity contribution in [1.82, 2.24) is 9.88 Å². The number of pyridine rings is 1. The molecule has 2 aromatic rings. The summed E-state index contributed by atoms with van der Waals surface area (Å²) in [6.45, 7) is 0.696. The zero-order chi connectivity index (χ0) is 21.0. The molecule has 3 rings (SSSR count). The maximum Gasteiger partial charge on any atom is 0.417 e. The molecule has 1 aromatic heterocycles. The lowest BCUT2D eigenvalue weighted by molar-refractivity contribution is -0.137. The van der Waals surface area contributed by atoms with E-state index in [1.807, 2.05) is 24.3 Å². The van der Waals surface area contributed by atoms with E-state index in [0.29, 0.717) is 19.2 Å². The van der Waals surface area contributed by atoms with E-state index in [1.165, 1.54) is 0 Å². The summed E-state index contributed by atoms with van der Waals surface area (Å²) in [6.07, 6.45) is -3.19. The first-order chi connectivity index (χ1) is 13.8. The summed E-state index contributed by atoms with van der Waals surface area (Å²) < 4.78 is 43.0. The van der Waals surface area contributed by atoms with Gasteiger partial charge in [-0.3, -0.25) is 9.59 Å². The van der Waals surface area contributed by atoms with Crippen LogP contribution in [0.4, 0.5) is 19.0 Å². The van der Waals surface area contributed by atoms with E-state index in [1.54, 1.807) is 12.0 Å². The van der Waals surface area contributed by atoms with E-state index in [2.05, 4.69) is 10.3 Å². The zero-order valence-corrected chi connectivity index (χ0v) is 15.7. The van der Waals surface area contributed by atoms with Crippen LogP contribution < -0.4 is 10.1 Å². The van der Waals surface area contributed by atoms with Gasteiger partial charge >= 0.3 is 6.18 Å². The first-order valence-electron chi connectivity index (χ1n) is 9.01. The summed E-state index contributed by atoms with van der Waals surface area (Å²) in [6, 6.07) is 9.45. The average Bonchev–Trinajstić information content (AvgIpc) is 3.07. The van der Waals surface area contributed by atoms with Gasteiger partial charge in [0.15, 0.2) is 0 Å². The minimum Gasteiger partial charge on any atom is -0.496 e. The van der Waals surface area contributed by atoms with Crippen LogP contribution >= 0.6 is 0 Å². The Balaban J connectivity index is 1.56. The lowest BCUT2D eigenvalue weighted by atomic mass is 10.1. The van der Waals surface area contributed by atoms with Crippen LogP contribution in [0.2, 0.25) is 0 Å². The molecule has 0 bridgehead atoms. The molecular weight excluding hydrogens is 387 g/mol. The molecule has 1 aromatic carbocycles. The highest BCUT2D eigenvalue weighted by Gasteiger charge is 2.34. The van der Waals surface area contributed by atoms with Crippen LogP contribution in [0, 0.1) is 5.92 Å². The number of likely N-dealkylation sites (tertiary alicyclic amines) is 1. The molecule has 1 aliphatic heterocycles. The quantitative estimate of drug-likeness (QED) is 0.799. The van der Waals surface area contributed by atoms with Crippen LogP contribution in [0.15, 0.2) is 42.6 Å². The number of benzene rings is 1. The van der Waals surface area contributed by atoms with Gasteiger partial charge in [0.05, 0.1) is 18.6 Å². The number of para-hydroxylation sites is 1. The zero-order valence-electron chi connectivity index (χ0n) is 15.7. The maximum atomic E-state index is 12.6. The van der Waals surface area contributed by atoms with Crippen molar-refractivity contribution in [2.24, 2.45) is 5.92 Å². The second-order valence-electron chi connectivity index (χ2n) is 6.72. The number of amides is 2. The fourth-order valence-electron chi connectivity index (χ4n) is 3.19. The normalized spacial score (nSPS) is 16.8. The monoisotopic (exact) mass is 407 g/mol.